The van der Waals surface area contributed by atoms with Crippen LogP contribution in [0, 0.1) is 13.8 Å². The van der Waals surface area contributed by atoms with E-state index in [1.54, 1.807) is 0 Å². The topological polar surface area (TPSA) is 27.3 Å². The van der Waals surface area contributed by atoms with Crippen LogP contribution < -0.4 is 10.7 Å². The smallest absolute Gasteiger partial charge is 0.187 e. The van der Waals surface area contributed by atoms with Crippen molar-refractivity contribution in [3.8, 4) is 0 Å². The zero-order valence-corrected chi connectivity index (χ0v) is 11.2. The lowest BCUT2D eigenvalue weighted by Gasteiger charge is -2.30. The zero-order chi connectivity index (χ0) is 12.3. The molecule has 4 heteroatoms. The van der Waals surface area contributed by atoms with Crippen LogP contribution in [-0.4, -0.2) is 23.2 Å². The number of nitrogens with one attached hydrogen (secondary N) is 2. The number of hydrazine groups is 1. The summed E-state index contributed by atoms with van der Waals surface area (Å²) in [6, 6.07) is 6.31. The van der Waals surface area contributed by atoms with E-state index in [9.17, 15) is 0 Å². The molecule has 1 aliphatic heterocycles. The molecule has 2 N–H and O–H groups in total. The van der Waals surface area contributed by atoms with Crippen molar-refractivity contribution in [3.05, 3.63) is 29.3 Å². The third-order valence-corrected chi connectivity index (χ3v) is 3.44. The van der Waals surface area contributed by atoms with Crippen LogP contribution in [0.2, 0.25) is 0 Å². The maximum atomic E-state index is 5.38. The molecule has 1 heterocycles. The Labute approximate surface area is 108 Å². The lowest BCUT2D eigenvalue weighted by molar-refractivity contribution is 0.261. The SMILES string of the molecule is Cc1ccc(NC(=S)N2CCCCN2)cc1C. The molecule has 3 nitrogen and oxygen atoms in total. The van der Waals surface area contributed by atoms with Gasteiger partial charge < -0.3 is 5.32 Å². The van der Waals surface area contributed by atoms with E-state index in [0.29, 0.717) is 0 Å². The second kappa shape index (κ2) is 5.47. The van der Waals surface area contributed by atoms with Gasteiger partial charge in [-0.15, -0.1) is 0 Å². The van der Waals surface area contributed by atoms with E-state index in [0.717, 1.165) is 23.9 Å². The monoisotopic (exact) mass is 249 g/mol. The largest absolute Gasteiger partial charge is 0.332 e. The Morgan fingerprint density at radius 1 is 1.29 bits per heavy atom. The van der Waals surface area contributed by atoms with Crippen molar-refractivity contribution in [2.24, 2.45) is 0 Å². The number of hydrogen-bond acceptors (Lipinski definition) is 2. The molecule has 17 heavy (non-hydrogen) atoms. The summed E-state index contributed by atoms with van der Waals surface area (Å²) in [4.78, 5) is 0. The second-order valence-corrected chi connectivity index (χ2v) is 4.88. The van der Waals surface area contributed by atoms with Gasteiger partial charge in [-0.05, 0) is 62.2 Å². The highest BCUT2D eigenvalue weighted by molar-refractivity contribution is 7.80. The Balaban J connectivity index is 1.99. The molecule has 0 radical (unpaired) electrons. The van der Waals surface area contributed by atoms with Gasteiger partial charge in [0.25, 0.3) is 0 Å². The zero-order valence-electron chi connectivity index (χ0n) is 10.4. The molecule has 92 valence electrons. The molecule has 0 unspecified atom stereocenters. The molecule has 0 aromatic heterocycles. The number of nitrogens with zero attached hydrogens (tertiary/aromatic N) is 1. The Morgan fingerprint density at radius 3 is 2.76 bits per heavy atom. The van der Waals surface area contributed by atoms with Crippen LogP contribution in [0.5, 0.6) is 0 Å². The average Bonchev–Trinajstić information content (AvgIpc) is 2.35. The summed E-state index contributed by atoms with van der Waals surface area (Å²) in [6.45, 7) is 6.22. The molecule has 1 aromatic carbocycles. The lowest BCUT2D eigenvalue weighted by Crippen LogP contribution is -2.48. The van der Waals surface area contributed by atoms with E-state index in [1.165, 1.54) is 24.0 Å². The van der Waals surface area contributed by atoms with Crippen molar-refractivity contribution >= 4 is 23.0 Å². The third-order valence-electron chi connectivity index (χ3n) is 3.11. The van der Waals surface area contributed by atoms with Crippen molar-refractivity contribution in [2.75, 3.05) is 18.4 Å². The molecule has 1 fully saturated rings. The first kappa shape index (κ1) is 12.3. The summed E-state index contributed by atoms with van der Waals surface area (Å²) in [7, 11) is 0. The fraction of sp³-hybridized carbons (Fsp3) is 0.462. The highest BCUT2D eigenvalue weighted by Gasteiger charge is 2.12. The molecule has 1 saturated heterocycles. The molecule has 1 aliphatic rings. The predicted molar refractivity (Wildman–Crippen MR) is 76.1 cm³/mol. The number of benzene rings is 1. The minimum absolute atomic E-state index is 0.757. The van der Waals surface area contributed by atoms with Gasteiger partial charge in [-0.25, -0.2) is 5.43 Å². The van der Waals surface area contributed by atoms with Gasteiger partial charge in [0.2, 0.25) is 0 Å². The van der Waals surface area contributed by atoms with Gasteiger partial charge in [0.15, 0.2) is 5.11 Å². The molecule has 0 amide bonds. The van der Waals surface area contributed by atoms with Gasteiger partial charge in [0.1, 0.15) is 0 Å². The molecule has 0 bridgehead atoms. The molecule has 1 aromatic rings. The highest BCUT2D eigenvalue weighted by atomic mass is 32.1. The van der Waals surface area contributed by atoms with Crippen molar-refractivity contribution in [1.82, 2.24) is 10.4 Å². The van der Waals surface area contributed by atoms with E-state index >= 15 is 0 Å². The van der Waals surface area contributed by atoms with Crippen LogP contribution in [0.4, 0.5) is 5.69 Å². The van der Waals surface area contributed by atoms with E-state index in [1.807, 2.05) is 5.01 Å². The Bertz CT molecular complexity index is 411. The first-order valence-corrected chi connectivity index (χ1v) is 6.47. The summed E-state index contributed by atoms with van der Waals surface area (Å²) in [5.41, 5.74) is 6.94. The third kappa shape index (κ3) is 3.17. The molecular formula is C13H19N3S. The Morgan fingerprint density at radius 2 is 2.12 bits per heavy atom. The molecule has 0 saturated carbocycles. The van der Waals surface area contributed by atoms with E-state index in [4.69, 9.17) is 12.2 Å². The fourth-order valence-electron chi connectivity index (χ4n) is 1.87. The molecule has 0 aliphatic carbocycles. The van der Waals surface area contributed by atoms with E-state index in [-0.39, 0.29) is 0 Å². The van der Waals surface area contributed by atoms with Crippen molar-refractivity contribution in [1.29, 1.82) is 0 Å². The van der Waals surface area contributed by atoms with Crippen LogP contribution in [0.15, 0.2) is 18.2 Å². The average molecular weight is 249 g/mol. The number of aryl methyl sites for hydroxylation is 2. The quantitative estimate of drug-likeness (QED) is 0.748. The first-order valence-electron chi connectivity index (χ1n) is 6.06. The predicted octanol–water partition coefficient (Wildman–Crippen LogP) is 2.60. The lowest BCUT2D eigenvalue weighted by atomic mass is 10.1. The first-order chi connectivity index (χ1) is 8.16. The second-order valence-electron chi connectivity index (χ2n) is 4.50. The van der Waals surface area contributed by atoms with Crippen molar-refractivity contribution in [2.45, 2.75) is 26.7 Å². The van der Waals surface area contributed by atoms with Gasteiger partial charge in [-0.1, -0.05) is 6.07 Å². The van der Waals surface area contributed by atoms with Gasteiger partial charge in [-0.2, -0.15) is 0 Å². The van der Waals surface area contributed by atoms with Crippen LogP contribution in [0.1, 0.15) is 24.0 Å². The van der Waals surface area contributed by atoms with Gasteiger partial charge >= 0.3 is 0 Å². The van der Waals surface area contributed by atoms with Crippen LogP contribution >= 0.6 is 12.2 Å². The molecular weight excluding hydrogens is 230 g/mol. The minimum Gasteiger partial charge on any atom is -0.332 e. The van der Waals surface area contributed by atoms with E-state index in [2.05, 4.69) is 42.8 Å². The minimum atomic E-state index is 0.757. The summed E-state index contributed by atoms with van der Waals surface area (Å²) in [5.74, 6) is 0. The number of rotatable bonds is 1. The standard InChI is InChI=1S/C13H19N3S/c1-10-5-6-12(9-11(10)2)15-13(17)16-8-4-3-7-14-16/h5-6,9,14H,3-4,7-8H2,1-2H3,(H,15,17). The summed E-state index contributed by atoms with van der Waals surface area (Å²) in [5, 5.41) is 6.05. The number of anilines is 1. The van der Waals surface area contributed by atoms with Crippen molar-refractivity contribution < 1.29 is 0 Å². The number of thiocarbonyl (C=S) groups is 1. The maximum Gasteiger partial charge on any atom is 0.187 e. The Kier molecular flexibility index (Phi) is 3.97. The molecule has 0 spiro atoms. The van der Waals surface area contributed by atoms with E-state index < -0.39 is 0 Å². The summed E-state index contributed by atoms with van der Waals surface area (Å²) in [6.07, 6.45) is 2.42. The summed E-state index contributed by atoms with van der Waals surface area (Å²) >= 11 is 5.38. The number of hydrogen-bond donors (Lipinski definition) is 2. The van der Waals surface area contributed by atoms with Gasteiger partial charge in [0, 0.05) is 18.8 Å². The normalized spacial score (nSPS) is 15.8. The van der Waals surface area contributed by atoms with Gasteiger partial charge in [0.05, 0.1) is 0 Å². The van der Waals surface area contributed by atoms with Crippen LogP contribution in [0.3, 0.4) is 0 Å². The van der Waals surface area contributed by atoms with Crippen LogP contribution in [-0.2, 0) is 0 Å². The highest BCUT2D eigenvalue weighted by Crippen LogP contribution is 2.15. The Hall–Kier alpha value is -1.13. The van der Waals surface area contributed by atoms with Crippen LogP contribution in [0.25, 0.3) is 0 Å². The molecule has 2 rings (SSSR count). The summed E-state index contributed by atoms with van der Waals surface area (Å²) < 4.78 is 0. The fourth-order valence-corrected chi connectivity index (χ4v) is 2.15. The van der Waals surface area contributed by atoms with Crippen molar-refractivity contribution in [3.63, 3.8) is 0 Å². The molecule has 0 atom stereocenters. The van der Waals surface area contributed by atoms with Gasteiger partial charge in [-0.3, -0.25) is 5.01 Å². The maximum absolute atomic E-state index is 5.38.